The Labute approximate surface area is 203 Å². The number of nitrogens with zero attached hydrogens (tertiary/aromatic N) is 2. The number of H-pyrrole nitrogens is 1. The molecule has 2 heterocycles. The number of carbonyl (C=O) groups is 1. The Hall–Kier alpha value is -1.31. The molecule has 3 N–H and O–H groups in total. The van der Waals surface area contributed by atoms with Crippen molar-refractivity contribution >= 4 is 5.78 Å². The minimum Gasteiger partial charge on any atom is -0.376 e. The summed E-state index contributed by atoms with van der Waals surface area (Å²) in [6.07, 6.45) is 12.3. The van der Waals surface area contributed by atoms with Crippen LogP contribution in [0.15, 0.2) is 6.33 Å². The first-order valence-electron chi connectivity index (χ1n) is 13.8. The van der Waals surface area contributed by atoms with Crippen LogP contribution in [0.2, 0.25) is 0 Å². The van der Waals surface area contributed by atoms with Crippen molar-refractivity contribution in [2.24, 2.45) is 46.3 Å². The van der Waals surface area contributed by atoms with Crippen molar-refractivity contribution in [2.45, 2.75) is 90.4 Å². The molecule has 4 saturated carbocycles. The molecule has 0 radical (unpaired) electrons. The highest BCUT2D eigenvalue weighted by molar-refractivity contribution is 5.83. The van der Waals surface area contributed by atoms with Crippen molar-refractivity contribution in [3.05, 3.63) is 12.2 Å². The smallest absolute Gasteiger partial charge is 0.144 e. The van der Waals surface area contributed by atoms with Gasteiger partial charge >= 0.3 is 0 Å². The molecule has 1 unspecified atom stereocenters. The van der Waals surface area contributed by atoms with E-state index in [1.54, 1.807) is 0 Å². The number of Topliss-reactive ketones (excluding diaryl/α,β-unsaturated/α-hetero) is 1. The summed E-state index contributed by atoms with van der Waals surface area (Å²) in [5.41, 5.74) is 0.542. The highest BCUT2D eigenvalue weighted by Crippen LogP contribution is 2.68. The molecule has 1 aliphatic heterocycles. The lowest BCUT2D eigenvalue weighted by Gasteiger charge is -2.61. The topological polar surface area (TPSA) is 100 Å². The van der Waals surface area contributed by atoms with Crippen LogP contribution in [-0.4, -0.2) is 51.6 Å². The number of rotatable bonds is 4. The van der Waals surface area contributed by atoms with Gasteiger partial charge in [0.15, 0.2) is 0 Å². The number of aliphatic hydroxyl groups excluding tert-OH is 1. The van der Waals surface area contributed by atoms with Crippen LogP contribution < -0.4 is 5.32 Å². The Morgan fingerprint density at radius 2 is 1.94 bits per heavy atom. The Morgan fingerprint density at radius 1 is 1.12 bits per heavy atom. The lowest BCUT2D eigenvalue weighted by molar-refractivity contribution is -0.157. The number of morpholine rings is 1. The first-order valence-corrected chi connectivity index (χ1v) is 13.8. The molecule has 4 aliphatic carbocycles. The predicted molar refractivity (Wildman–Crippen MR) is 128 cm³/mol. The van der Waals surface area contributed by atoms with Gasteiger partial charge in [0.05, 0.1) is 19.1 Å². The van der Waals surface area contributed by atoms with Crippen LogP contribution in [0.5, 0.6) is 0 Å². The van der Waals surface area contributed by atoms with Crippen molar-refractivity contribution in [2.75, 3.05) is 13.2 Å². The summed E-state index contributed by atoms with van der Waals surface area (Å²) in [5, 5.41) is 20.5. The van der Waals surface area contributed by atoms with Gasteiger partial charge < -0.3 is 9.84 Å². The summed E-state index contributed by atoms with van der Waals surface area (Å²) in [6.45, 7) is 6.48. The van der Waals surface area contributed by atoms with E-state index in [0.717, 1.165) is 30.7 Å². The van der Waals surface area contributed by atoms with E-state index < -0.39 is 6.23 Å². The van der Waals surface area contributed by atoms with Gasteiger partial charge in [-0.2, -0.15) is 5.10 Å². The lowest BCUT2D eigenvalue weighted by atomic mass is 9.44. The third-order valence-corrected chi connectivity index (χ3v) is 11.4. The Bertz CT molecular complexity index is 892. The molecule has 5 aliphatic rings. The number of hydrogen-bond donors (Lipinski definition) is 3. The molecule has 10 atom stereocenters. The largest absolute Gasteiger partial charge is 0.376 e. The monoisotopic (exact) mass is 470 g/mol. The number of aromatic nitrogens is 3. The second kappa shape index (κ2) is 8.67. The molecule has 5 fully saturated rings. The summed E-state index contributed by atoms with van der Waals surface area (Å²) in [4.78, 5) is 17.5. The van der Waals surface area contributed by atoms with Gasteiger partial charge in [-0.25, -0.2) is 4.98 Å². The van der Waals surface area contributed by atoms with E-state index >= 15 is 0 Å². The number of aliphatic hydroxyl groups is 1. The van der Waals surface area contributed by atoms with Crippen molar-refractivity contribution in [1.82, 2.24) is 20.5 Å². The summed E-state index contributed by atoms with van der Waals surface area (Å²) in [6, 6.07) is 0. The summed E-state index contributed by atoms with van der Waals surface area (Å²) in [5.74, 6) is 4.66. The van der Waals surface area contributed by atoms with E-state index in [1.165, 1.54) is 57.7 Å². The molecule has 0 spiro atoms. The van der Waals surface area contributed by atoms with Crippen molar-refractivity contribution in [3.8, 4) is 0 Å². The molecule has 7 heteroatoms. The van der Waals surface area contributed by atoms with Crippen molar-refractivity contribution in [3.63, 3.8) is 0 Å². The number of ether oxygens (including phenoxy) is 1. The zero-order valence-corrected chi connectivity index (χ0v) is 20.8. The standard InChI is InChI=1S/C27H42N4O3/c1-26-9-7-16(24-25(33)28-11-12-34-24)13-17(26)3-4-18-19-5-6-21(27(19,2)10-8-20(18)26)22(32)14-23-29-15-30-31-23/h15-21,24-25,28,33H,3-14H2,1-2H3,(H,29,30,31)/t16?,17-,18-,19-,20-,21+,24-,25-,26-,27-/m0/s1. The van der Waals surface area contributed by atoms with Gasteiger partial charge in [-0.3, -0.25) is 15.2 Å². The molecule has 34 heavy (non-hydrogen) atoms. The van der Waals surface area contributed by atoms with Crippen LogP contribution in [0.3, 0.4) is 0 Å². The first kappa shape index (κ1) is 23.1. The van der Waals surface area contributed by atoms with Crippen LogP contribution in [0, 0.1) is 46.3 Å². The first-order chi connectivity index (χ1) is 16.4. The summed E-state index contributed by atoms with van der Waals surface area (Å²) >= 11 is 0. The second-order valence-electron chi connectivity index (χ2n) is 12.7. The summed E-state index contributed by atoms with van der Waals surface area (Å²) in [7, 11) is 0. The third kappa shape index (κ3) is 3.60. The molecule has 1 aromatic rings. The maximum Gasteiger partial charge on any atom is 0.144 e. The average Bonchev–Trinajstić information content (AvgIpc) is 3.46. The quantitative estimate of drug-likeness (QED) is 0.623. The molecule has 0 bridgehead atoms. The molecule has 6 rings (SSSR count). The SMILES string of the molecule is C[C@]12CCC([C@@H]3OCCN[C@H]3O)C[C@@H]1CC[C@@H]1[C@@H]2CC[C@]2(C)[C@@H](C(=O)Cc3ncn[nH]3)CC[C@@H]12. The van der Waals surface area contributed by atoms with Gasteiger partial charge in [-0.05, 0) is 98.2 Å². The normalized spacial score (nSPS) is 48.6. The maximum atomic E-state index is 13.3. The minimum atomic E-state index is -0.514. The van der Waals surface area contributed by atoms with Gasteiger partial charge in [0.1, 0.15) is 24.2 Å². The number of fused-ring (bicyclic) bond motifs is 5. The lowest BCUT2D eigenvalue weighted by Crippen LogP contribution is -2.57. The maximum absolute atomic E-state index is 13.3. The molecule has 0 amide bonds. The average molecular weight is 471 g/mol. The third-order valence-electron chi connectivity index (χ3n) is 11.4. The van der Waals surface area contributed by atoms with E-state index in [4.69, 9.17) is 4.74 Å². The molecule has 7 nitrogen and oxygen atoms in total. The van der Waals surface area contributed by atoms with Crippen LogP contribution in [0.4, 0.5) is 0 Å². The van der Waals surface area contributed by atoms with Gasteiger partial charge in [-0.15, -0.1) is 0 Å². The summed E-state index contributed by atoms with van der Waals surface area (Å²) < 4.78 is 6.04. The van der Waals surface area contributed by atoms with Gasteiger partial charge in [0, 0.05) is 12.5 Å². The van der Waals surface area contributed by atoms with E-state index in [-0.39, 0.29) is 17.4 Å². The van der Waals surface area contributed by atoms with E-state index in [2.05, 4.69) is 34.3 Å². The van der Waals surface area contributed by atoms with E-state index in [1.807, 2.05) is 0 Å². The molecule has 0 aromatic carbocycles. The number of hydrogen-bond acceptors (Lipinski definition) is 6. The molecular formula is C27H42N4O3. The van der Waals surface area contributed by atoms with Gasteiger partial charge in [-0.1, -0.05) is 13.8 Å². The van der Waals surface area contributed by atoms with E-state index in [9.17, 15) is 9.90 Å². The van der Waals surface area contributed by atoms with Gasteiger partial charge in [0.25, 0.3) is 0 Å². The van der Waals surface area contributed by atoms with E-state index in [0.29, 0.717) is 41.9 Å². The molecule has 1 aromatic heterocycles. The van der Waals surface area contributed by atoms with Crippen LogP contribution in [-0.2, 0) is 16.0 Å². The number of ketones is 1. The highest BCUT2D eigenvalue weighted by atomic mass is 16.5. The minimum absolute atomic E-state index is 0.0448. The molecule has 1 saturated heterocycles. The Kier molecular flexibility index (Phi) is 5.89. The van der Waals surface area contributed by atoms with Crippen LogP contribution >= 0.6 is 0 Å². The Balaban J connectivity index is 1.16. The Morgan fingerprint density at radius 3 is 2.74 bits per heavy atom. The zero-order chi connectivity index (χ0) is 23.5. The predicted octanol–water partition coefficient (Wildman–Crippen LogP) is 3.50. The van der Waals surface area contributed by atoms with Crippen molar-refractivity contribution < 1.29 is 14.6 Å². The fourth-order valence-corrected chi connectivity index (χ4v) is 9.73. The van der Waals surface area contributed by atoms with Crippen molar-refractivity contribution in [1.29, 1.82) is 0 Å². The fourth-order valence-electron chi connectivity index (χ4n) is 9.73. The highest BCUT2D eigenvalue weighted by Gasteiger charge is 2.61. The molecule has 188 valence electrons. The van der Waals surface area contributed by atoms with Crippen LogP contribution in [0.25, 0.3) is 0 Å². The van der Waals surface area contributed by atoms with Gasteiger partial charge in [0.2, 0.25) is 0 Å². The fraction of sp³-hybridized carbons (Fsp3) is 0.889. The zero-order valence-electron chi connectivity index (χ0n) is 20.8. The number of carbonyl (C=O) groups excluding carboxylic acids is 1. The molecular weight excluding hydrogens is 428 g/mol. The number of nitrogens with one attached hydrogen (secondary N) is 2. The van der Waals surface area contributed by atoms with Crippen LogP contribution in [0.1, 0.15) is 77.5 Å². The number of aromatic amines is 1. The second-order valence-corrected chi connectivity index (χ2v) is 12.7.